The van der Waals surface area contributed by atoms with Crippen LogP contribution in [0.5, 0.6) is 0 Å². The van der Waals surface area contributed by atoms with Crippen LogP contribution in [-0.2, 0) is 0 Å². The Morgan fingerprint density at radius 1 is 1.32 bits per heavy atom. The van der Waals surface area contributed by atoms with Crippen LogP contribution in [-0.4, -0.2) is 28.9 Å². The molecule has 1 amide bonds. The second kappa shape index (κ2) is 5.99. The number of carbonyl (C=O) groups excluding carboxylic acids is 1. The predicted molar refractivity (Wildman–Crippen MR) is 105 cm³/mol. The number of nitrogens with two attached hydrogens (primary N) is 1. The van der Waals surface area contributed by atoms with Crippen molar-refractivity contribution in [3.63, 3.8) is 0 Å². The predicted octanol–water partition coefficient (Wildman–Crippen LogP) is 4.52. The smallest absolute Gasteiger partial charge is 0.266 e. The standard InChI is InChI=1S/C20H23N3OS/c1-11-5-4-6-23(10-11)20(24)18-16(21)15-9-14-8-12(2)7-13(3)17(14)22-19(15)25-18/h7-9,11H,4-6,10,21H2,1-3H3. The van der Waals surface area contributed by atoms with Crippen molar-refractivity contribution < 1.29 is 4.79 Å². The lowest BCUT2D eigenvalue weighted by atomic mass is 10.00. The van der Waals surface area contributed by atoms with Crippen LogP contribution in [0.15, 0.2) is 18.2 Å². The average Bonchev–Trinajstić information content (AvgIpc) is 2.89. The highest BCUT2D eigenvalue weighted by molar-refractivity contribution is 7.21. The molecular formula is C20H23N3OS. The lowest BCUT2D eigenvalue weighted by Gasteiger charge is -2.30. The molecule has 0 radical (unpaired) electrons. The van der Waals surface area contributed by atoms with E-state index in [0.717, 1.165) is 46.2 Å². The monoisotopic (exact) mass is 353 g/mol. The molecule has 1 aliphatic heterocycles. The highest BCUT2D eigenvalue weighted by Crippen LogP contribution is 2.36. The largest absolute Gasteiger partial charge is 0.397 e. The molecule has 0 bridgehead atoms. The zero-order chi connectivity index (χ0) is 17.7. The topological polar surface area (TPSA) is 59.2 Å². The van der Waals surface area contributed by atoms with Crippen molar-refractivity contribution in [1.82, 2.24) is 9.88 Å². The first-order chi connectivity index (χ1) is 11.9. The van der Waals surface area contributed by atoms with E-state index in [1.54, 1.807) is 0 Å². The molecule has 1 unspecified atom stereocenters. The van der Waals surface area contributed by atoms with E-state index in [4.69, 9.17) is 10.7 Å². The number of nitrogen functional groups attached to an aromatic ring is 1. The molecule has 5 heteroatoms. The van der Waals surface area contributed by atoms with Crippen molar-refractivity contribution in [3.8, 4) is 0 Å². The van der Waals surface area contributed by atoms with Crippen molar-refractivity contribution in [2.75, 3.05) is 18.8 Å². The fraction of sp³-hybridized carbons (Fsp3) is 0.400. The number of piperidine rings is 1. The molecule has 0 spiro atoms. The van der Waals surface area contributed by atoms with Crippen LogP contribution in [0.4, 0.5) is 5.69 Å². The Bertz CT molecular complexity index is 992. The molecule has 130 valence electrons. The number of benzene rings is 1. The quantitative estimate of drug-likeness (QED) is 0.700. The number of fused-ring (bicyclic) bond motifs is 2. The molecule has 1 aromatic carbocycles. The van der Waals surface area contributed by atoms with Crippen molar-refractivity contribution >= 4 is 44.1 Å². The third kappa shape index (κ3) is 2.76. The number of carbonyl (C=O) groups is 1. The van der Waals surface area contributed by atoms with Crippen LogP contribution in [0, 0.1) is 19.8 Å². The van der Waals surface area contributed by atoms with Crippen LogP contribution < -0.4 is 5.73 Å². The first-order valence-corrected chi connectivity index (χ1v) is 9.65. The molecule has 1 aliphatic rings. The van der Waals surface area contributed by atoms with E-state index < -0.39 is 0 Å². The van der Waals surface area contributed by atoms with Crippen LogP contribution in [0.1, 0.15) is 40.6 Å². The number of nitrogens with zero attached hydrogens (tertiary/aromatic N) is 2. The minimum absolute atomic E-state index is 0.0593. The number of aromatic nitrogens is 1. The number of rotatable bonds is 1. The van der Waals surface area contributed by atoms with Crippen molar-refractivity contribution in [3.05, 3.63) is 34.2 Å². The van der Waals surface area contributed by atoms with Gasteiger partial charge in [-0.3, -0.25) is 4.79 Å². The van der Waals surface area contributed by atoms with E-state index in [9.17, 15) is 4.79 Å². The third-order valence-corrected chi connectivity index (χ3v) is 6.19. The fourth-order valence-corrected chi connectivity index (χ4v) is 4.90. The van der Waals surface area contributed by atoms with Crippen molar-refractivity contribution in [2.45, 2.75) is 33.6 Å². The molecule has 1 atom stereocenters. The number of anilines is 1. The van der Waals surface area contributed by atoms with E-state index in [1.165, 1.54) is 23.3 Å². The first kappa shape index (κ1) is 16.3. The lowest BCUT2D eigenvalue weighted by molar-refractivity contribution is 0.0689. The summed E-state index contributed by atoms with van der Waals surface area (Å²) in [5.74, 6) is 0.614. The summed E-state index contributed by atoms with van der Waals surface area (Å²) < 4.78 is 0. The van der Waals surface area contributed by atoms with Gasteiger partial charge in [0.1, 0.15) is 9.71 Å². The van der Waals surface area contributed by atoms with Gasteiger partial charge in [0, 0.05) is 23.9 Å². The maximum Gasteiger partial charge on any atom is 0.266 e. The Morgan fingerprint density at radius 2 is 2.12 bits per heavy atom. The minimum Gasteiger partial charge on any atom is -0.397 e. The second-order valence-corrected chi connectivity index (χ2v) is 8.34. The molecule has 3 heterocycles. The fourth-order valence-electron chi connectivity index (χ4n) is 3.86. The first-order valence-electron chi connectivity index (χ1n) is 8.83. The normalized spacial score (nSPS) is 18.2. The molecule has 2 aromatic heterocycles. The summed E-state index contributed by atoms with van der Waals surface area (Å²) in [4.78, 5) is 21.2. The maximum atomic E-state index is 13.0. The van der Waals surface area contributed by atoms with Gasteiger partial charge in [0.25, 0.3) is 5.91 Å². The Labute approximate surface area is 151 Å². The zero-order valence-electron chi connectivity index (χ0n) is 14.9. The SMILES string of the molecule is Cc1cc(C)c2nc3sc(C(=O)N4CCCC(C)C4)c(N)c3cc2c1. The molecule has 25 heavy (non-hydrogen) atoms. The molecule has 2 N–H and O–H groups in total. The van der Waals surface area contributed by atoms with Gasteiger partial charge in [-0.1, -0.05) is 18.6 Å². The van der Waals surface area contributed by atoms with Crippen LogP contribution in [0.25, 0.3) is 21.1 Å². The van der Waals surface area contributed by atoms with E-state index in [-0.39, 0.29) is 5.91 Å². The van der Waals surface area contributed by atoms with Crippen LogP contribution in [0.2, 0.25) is 0 Å². The molecule has 0 aliphatic carbocycles. The second-order valence-electron chi connectivity index (χ2n) is 7.34. The van der Waals surface area contributed by atoms with Crippen molar-refractivity contribution in [2.24, 2.45) is 5.92 Å². The Kier molecular flexibility index (Phi) is 3.91. The van der Waals surface area contributed by atoms with Crippen molar-refractivity contribution in [1.29, 1.82) is 0 Å². The van der Waals surface area contributed by atoms with Gasteiger partial charge >= 0.3 is 0 Å². The number of pyridine rings is 1. The number of hydrogen-bond acceptors (Lipinski definition) is 4. The summed E-state index contributed by atoms with van der Waals surface area (Å²) in [5.41, 5.74) is 10.3. The van der Waals surface area contributed by atoms with Crippen LogP contribution in [0.3, 0.4) is 0 Å². The molecule has 3 aromatic rings. The van der Waals surface area contributed by atoms with Gasteiger partial charge < -0.3 is 10.6 Å². The van der Waals surface area contributed by atoms with Gasteiger partial charge in [0.05, 0.1) is 11.2 Å². The number of hydrogen-bond donors (Lipinski definition) is 1. The van der Waals surface area contributed by atoms with Crippen LogP contribution >= 0.6 is 11.3 Å². The molecule has 4 nitrogen and oxygen atoms in total. The average molecular weight is 353 g/mol. The highest BCUT2D eigenvalue weighted by atomic mass is 32.1. The molecular weight excluding hydrogens is 330 g/mol. The number of amides is 1. The van der Waals surface area contributed by atoms with Gasteiger partial charge in [-0.05, 0) is 50.3 Å². The maximum absolute atomic E-state index is 13.0. The van der Waals surface area contributed by atoms with Gasteiger partial charge in [-0.15, -0.1) is 11.3 Å². The van der Waals surface area contributed by atoms with Gasteiger partial charge in [0.15, 0.2) is 0 Å². The van der Waals surface area contributed by atoms with E-state index >= 15 is 0 Å². The number of aryl methyl sites for hydroxylation is 2. The number of thiophene rings is 1. The van der Waals surface area contributed by atoms with Gasteiger partial charge in [0.2, 0.25) is 0 Å². The van der Waals surface area contributed by atoms with E-state index in [0.29, 0.717) is 16.5 Å². The Balaban J connectivity index is 1.83. The van der Waals surface area contributed by atoms with E-state index in [2.05, 4.69) is 39.0 Å². The molecule has 1 saturated heterocycles. The van der Waals surface area contributed by atoms with Gasteiger partial charge in [-0.2, -0.15) is 0 Å². The number of likely N-dealkylation sites (tertiary alicyclic amines) is 1. The minimum atomic E-state index is 0.0593. The summed E-state index contributed by atoms with van der Waals surface area (Å²) in [5, 5.41) is 1.98. The Morgan fingerprint density at radius 3 is 2.88 bits per heavy atom. The van der Waals surface area contributed by atoms with E-state index in [1.807, 2.05) is 4.90 Å². The lowest BCUT2D eigenvalue weighted by Crippen LogP contribution is -2.38. The zero-order valence-corrected chi connectivity index (χ0v) is 15.7. The Hall–Kier alpha value is -2.14. The third-order valence-electron chi connectivity index (χ3n) is 5.09. The molecule has 4 rings (SSSR count). The summed E-state index contributed by atoms with van der Waals surface area (Å²) in [6.45, 7) is 8.00. The molecule has 0 saturated carbocycles. The summed E-state index contributed by atoms with van der Waals surface area (Å²) in [6.07, 6.45) is 2.26. The summed E-state index contributed by atoms with van der Waals surface area (Å²) >= 11 is 1.43. The van der Waals surface area contributed by atoms with Gasteiger partial charge in [-0.25, -0.2) is 4.98 Å². The highest BCUT2D eigenvalue weighted by Gasteiger charge is 2.26. The summed E-state index contributed by atoms with van der Waals surface area (Å²) in [6, 6.07) is 6.35. The summed E-state index contributed by atoms with van der Waals surface area (Å²) in [7, 11) is 0. The molecule has 1 fully saturated rings.